The second kappa shape index (κ2) is 4.22. The third-order valence-electron chi connectivity index (χ3n) is 2.38. The molecule has 2 rings (SSSR count). The normalized spacial score (nSPS) is 11.5. The van der Waals surface area contributed by atoms with Gasteiger partial charge in [0.25, 0.3) is 0 Å². The van der Waals surface area contributed by atoms with Crippen LogP contribution in [0.5, 0.6) is 0 Å². The summed E-state index contributed by atoms with van der Waals surface area (Å²) < 4.78 is 0. The van der Waals surface area contributed by atoms with Crippen molar-refractivity contribution in [1.82, 2.24) is 15.0 Å². The number of rotatable bonds is 2. The van der Waals surface area contributed by atoms with Crippen molar-refractivity contribution in [2.24, 2.45) is 0 Å². The van der Waals surface area contributed by atoms with Gasteiger partial charge in [0.15, 0.2) is 5.82 Å². The molecule has 0 aliphatic carbocycles. The van der Waals surface area contributed by atoms with Crippen LogP contribution in [-0.2, 0) is 5.60 Å². The molecule has 1 N–H and O–H groups in total. The SMILES string of the molecule is Cc1cc(-c2ccncc2)nc(C(C)(C)O)n1. The average molecular weight is 229 g/mol. The van der Waals surface area contributed by atoms with Gasteiger partial charge in [-0.15, -0.1) is 0 Å². The molecule has 0 fully saturated rings. The first kappa shape index (κ1) is 11.7. The van der Waals surface area contributed by atoms with E-state index in [0.717, 1.165) is 17.0 Å². The Balaban J connectivity index is 2.54. The molecule has 4 heteroatoms. The predicted octanol–water partition coefficient (Wildman–Crippen LogP) is 2.07. The monoisotopic (exact) mass is 229 g/mol. The number of hydrogen-bond donors (Lipinski definition) is 1. The van der Waals surface area contributed by atoms with Gasteiger partial charge in [-0.25, -0.2) is 9.97 Å². The van der Waals surface area contributed by atoms with Gasteiger partial charge < -0.3 is 5.11 Å². The smallest absolute Gasteiger partial charge is 0.160 e. The Labute approximate surface area is 100 Å². The predicted molar refractivity (Wildman–Crippen MR) is 65.2 cm³/mol. The summed E-state index contributed by atoms with van der Waals surface area (Å²) in [7, 11) is 0. The fraction of sp³-hybridized carbons (Fsp3) is 0.308. The van der Waals surface area contributed by atoms with Gasteiger partial charge in [0, 0.05) is 23.7 Å². The highest BCUT2D eigenvalue weighted by Gasteiger charge is 2.20. The van der Waals surface area contributed by atoms with E-state index in [2.05, 4.69) is 15.0 Å². The van der Waals surface area contributed by atoms with Crippen LogP contribution in [0.4, 0.5) is 0 Å². The maximum absolute atomic E-state index is 9.95. The van der Waals surface area contributed by atoms with E-state index in [4.69, 9.17) is 0 Å². The van der Waals surface area contributed by atoms with Gasteiger partial charge >= 0.3 is 0 Å². The minimum Gasteiger partial charge on any atom is -0.382 e. The van der Waals surface area contributed by atoms with E-state index >= 15 is 0 Å². The lowest BCUT2D eigenvalue weighted by atomic mass is 10.1. The molecule has 0 saturated carbocycles. The molecule has 0 unspecified atom stereocenters. The van der Waals surface area contributed by atoms with Gasteiger partial charge in [-0.2, -0.15) is 0 Å². The Hall–Kier alpha value is -1.81. The highest BCUT2D eigenvalue weighted by atomic mass is 16.3. The van der Waals surface area contributed by atoms with Crippen molar-refractivity contribution in [2.75, 3.05) is 0 Å². The minimum atomic E-state index is -1.03. The van der Waals surface area contributed by atoms with Crippen LogP contribution in [-0.4, -0.2) is 20.1 Å². The molecule has 4 nitrogen and oxygen atoms in total. The van der Waals surface area contributed by atoms with Crippen molar-refractivity contribution in [3.8, 4) is 11.3 Å². The highest BCUT2D eigenvalue weighted by molar-refractivity contribution is 5.58. The quantitative estimate of drug-likeness (QED) is 0.856. The van der Waals surface area contributed by atoms with Crippen LogP contribution >= 0.6 is 0 Å². The lowest BCUT2D eigenvalue weighted by Gasteiger charge is -2.16. The number of pyridine rings is 1. The third kappa shape index (κ3) is 2.65. The zero-order chi connectivity index (χ0) is 12.5. The van der Waals surface area contributed by atoms with Gasteiger partial charge in [0.2, 0.25) is 0 Å². The Bertz CT molecular complexity index is 518. The van der Waals surface area contributed by atoms with Crippen LogP contribution in [0.25, 0.3) is 11.3 Å². The van der Waals surface area contributed by atoms with Gasteiger partial charge in [-0.3, -0.25) is 4.98 Å². The topological polar surface area (TPSA) is 58.9 Å². The van der Waals surface area contributed by atoms with E-state index in [1.165, 1.54) is 0 Å². The van der Waals surface area contributed by atoms with E-state index in [1.54, 1.807) is 26.2 Å². The number of nitrogens with zero attached hydrogens (tertiary/aromatic N) is 3. The van der Waals surface area contributed by atoms with Crippen molar-refractivity contribution in [3.05, 3.63) is 42.1 Å². The number of aryl methyl sites for hydroxylation is 1. The first-order valence-corrected chi connectivity index (χ1v) is 5.46. The Morgan fingerprint density at radius 2 is 1.76 bits per heavy atom. The highest BCUT2D eigenvalue weighted by Crippen LogP contribution is 2.21. The maximum Gasteiger partial charge on any atom is 0.160 e. The second-order valence-corrected chi connectivity index (χ2v) is 4.51. The van der Waals surface area contributed by atoms with Crippen molar-refractivity contribution >= 4 is 0 Å². The molecule has 0 atom stereocenters. The summed E-state index contributed by atoms with van der Waals surface area (Å²) in [5, 5.41) is 9.95. The molecule has 0 aliphatic heterocycles. The van der Waals surface area contributed by atoms with Crippen LogP contribution in [0, 0.1) is 6.92 Å². The first-order valence-electron chi connectivity index (χ1n) is 5.46. The Kier molecular flexibility index (Phi) is 2.90. The zero-order valence-corrected chi connectivity index (χ0v) is 10.2. The minimum absolute atomic E-state index is 0.435. The summed E-state index contributed by atoms with van der Waals surface area (Å²) in [6.07, 6.45) is 3.44. The second-order valence-electron chi connectivity index (χ2n) is 4.51. The van der Waals surface area contributed by atoms with Crippen LogP contribution in [0.2, 0.25) is 0 Å². The lowest BCUT2D eigenvalue weighted by molar-refractivity contribution is 0.0686. The summed E-state index contributed by atoms with van der Waals surface area (Å²) in [5.74, 6) is 0.435. The van der Waals surface area contributed by atoms with Crippen LogP contribution < -0.4 is 0 Å². The lowest BCUT2D eigenvalue weighted by Crippen LogP contribution is -2.20. The van der Waals surface area contributed by atoms with Crippen molar-refractivity contribution in [2.45, 2.75) is 26.4 Å². The fourth-order valence-corrected chi connectivity index (χ4v) is 1.51. The molecule has 2 heterocycles. The number of hydrogen-bond acceptors (Lipinski definition) is 4. The molecule has 0 aromatic carbocycles. The summed E-state index contributed by atoms with van der Waals surface area (Å²) >= 11 is 0. The van der Waals surface area contributed by atoms with E-state index in [1.807, 2.05) is 25.1 Å². The van der Waals surface area contributed by atoms with Crippen LogP contribution in [0.15, 0.2) is 30.6 Å². The fourth-order valence-electron chi connectivity index (χ4n) is 1.51. The molecule has 0 radical (unpaired) electrons. The average Bonchev–Trinajstić information content (AvgIpc) is 2.28. The van der Waals surface area contributed by atoms with Crippen molar-refractivity contribution in [1.29, 1.82) is 0 Å². The third-order valence-corrected chi connectivity index (χ3v) is 2.38. The van der Waals surface area contributed by atoms with E-state index in [9.17, 15) is 5.11 Å². The first-order chi connectivity index (χ1) is 7.97. The molecule has 0 saturated heterocycles. The largest absolute Gasteiger partial charge is 0.382 e. The van der Waals surface area contributed by atoms with Gasteiger partial charge in [0.05, 0.1) is 5.69 Å². The molecular weight excluding hydrogens is 214 g/mol. The van der Waals surface area contributed by atoms with Crippen molar-refractivity contribution in [3.63, 3.8) is 0 Å². The Morgan fingerprint density at radius 3 is 2.35 bits per heavy atom. The molecule has 0 amide bonds. The molecule has 2 aromatic rings. The molecule has 17 heavy (non-hydrogen) atoms. The summed E-state index contributed by atoms with van der Waals surface area (Å²) in [6, 6.07) is 5.66. The maximum atomic E-state index is 9.95. The number of aromatic nitrogens is 3. The molecule has 0 spiro atoms. The molecule has 2 aromatic heterocycles. The van der Waals surface area contributed by atoms with Crippen LogP contribution in [0.3, 0.4) is 0 Å². The van der Waals surface area contributed by atoms with Gasteiger partial charge in [-0.05, 0) is 39.0 Å². The summed E-state index contributed by atoms with van der Waals surface area (Å²) in [6.45, 7) is 5.25. The Morgan fingerprint density at radius 1 is 1.12 bits per heavy atom. The van der Waals surface area contributed by atoms with E-state index in [-0.39, 0.29) is 0 Å². The van der Waals surface area contributed by atoms with Gasteiger partial charge in [-0.1, -0.05) is 0 Å². The van der Waals surface area contributed by atoms with Gasteiger partial charge in [0.1, 0.15) is 5.60 Å². The summed E-state index contributed by atoms with van der Waals surface area (Å²) in [4.78, 5) is 12.6. The van der Waals surface area contributed by atoms with Crippen LogP contribution in [0.1, 0.15) is 25.4 Å². The number of aliphatic hydroxyl groups is 1. The standard InChI is InChI=1S/C13H15N3O/c1-9-8-11(10-4-6-14-7-5-10)16-12(15-9)13(2,3)17/h4-8,17H,1-3H3. The van der Waals surface area contributed by atoms with E-state index in [0.29, 0.717) is 5.82 Å². The molecule has 0 bridgehead atoms. The molecule has 88 valence electrons. The molecule has 0 aliphatic rings. The van der Waals surface area contributed by atoms with E-state index < -0.39 is 5.60 Å². The molecular formula is C13H15N3O. The summed E-state index contributed by atoms with van der Waals surface area (Å²) in [5.41, 5.74) is 1.57. The zero-order valence-electron chi connectivity index (χ0n) is 10.2. The van der Waals surface area contributed by atoms with Crippen molar-refractivity contribution < 1.29 is 5.11 Å².